The molecule has 0 aromatic carbocycles. The Kier molecular flexibility index (Phi) is 19.4. The van der Waals surface area contributed by atoms with E-state index in [4.69, 9.17) is 37.9 Å². The van der Waals surface area contributed by atoms with Gasteiger partial charge in [-0.25, -0.2) is 4.79 Å². The highest BCUT2D eigenvalue weighted by Crippen LogP contribution is 2.47. The van der Waals surface area contributed by atoms with E-state index in [1.165, 1.54) is 13.2 Å². The van der Waals surface area contributed by atoms with Crippen LogP contribution in [0.2, 0.25) is 0 Å². The fraction of sp³-hybridized carbons (Fsp3) is 0.750. The molecule has 0 spiro atoms. The zero-order valence-corrected chi connectivity index (χ0v) is 32.8. The molecular formula is C40H62O15. The largest absolute Gasteiger partial charge is 0.466 e. The lowest BCUT2D eigenvalue weighted by Crippen LogP contribution is -2.62. The Morgan fingerprint density at radius 2 is 1.73 bits per heavy atom. The van der Waals surface area contributed by atoms with Crippen molar-refractivity contribution in [1.82, 2.24) is 0 Å². The van der Waals surface area contributed by atoms with E-state index in [0.29, 0.717) is 19.3 Å². The van der Waals surface area contributed by atoms with Gasteiger partial charge < -0.3 is 53.2 Å². The minimum absolute atomic E-state index is 0.0516. The highest BCUT2D eigenvalue weighted by Gasteiger charge is 2.57. The second kappa shape index (κ2) is 23.1. The van der Waals surface area contributed by atoms with Gasteiger partial charge in [0.2, 0.25) is 5.79 Å². The number of hydrogen-bond donors (Lipinski definition) is 3. The Morgan fingerprint density at radius 1 is 1.00 bits per heavy atom. The molecule has 3 heterocycles. The summed E-state index contributed by atoms with van der Waals surface area (Å²) in [6.07, 6.45) is 3.96. The Bertz CT molecular complexity index is 1310. The molecule has 0 aromatic rings. The van der Waals surface area contributed by atoms with Crippen molar-refractivity contribution in [3.63, 3.8) is 0 Å². The maximum absolute atomic E-state index is 13.3. The maximum Gasteiger partial charge on any atom is 0.330 e. The summed E-state index contributed by atoms with van der Waals surface area (Å²) in [7, 11) is 1.19. The van der Waals surface area contributed by atoms with Gasteiger partial charge in [0.25, 0.3) is 0 Å². The second-order valence-electron chi connectivity index (χ2n) is 14.9. The molecule has 0 saturated carbocycles. The molecule has 55 heavy (non-hydrogen) atoms. The van der Waals surface area contributed by atoms with Gasteiger partial charge in [0.15, 0.2) is 12.4 Å². The Balaban J connectivity index is 2.04. The van der Waals surface area contributed by atoms with Crippen LogP contribution in [0.3, 0.4) is 0 Å². The summed E-state index contributed by atoms with van der Waals surface area (Å²) >= 11 is 0. The zero-order valence-electron chi connectivity index (χ0n) is 32.8. The molecule has 15 heteroatoms. The number of esters is 4. The van der Waals surface area contributed by atoms with Crippen LogP contribution in [0.4, 0.5) is 0 Å². The normalized spacial score (nSPS) is 32.0. The summed E-state index contributed by atoms with van der Waals surface area (Å²) in [5, 5.41) is 33.4. The first-order valence-electron chi connectivity index (χ1n) is 19.4. The van der Waals surface area contributed by atoms with Crippen molar-refractivity contribution < 1.29 is 72.4 Å². The smallest absolute Gasteiger partial charge is 0.330 e. The number of aliphatic hydroxyl groups is 3. The van der Waals surface area contributed by atoms with Crippen molar-refractivity contribution in [2.45, 2.75) is 153 Å². The second-order valence-corrected chi connectivity index (χ2v) is 14.9. The van der Waals surface area contributed by atoms with E-state index >= 15 is 0 Å². The molecule has 4 bridgehead atoms. The number of aliphatic hydroxyl groups excluding tert-OH is 2. The molecule has 0 aromatic heterocycles. The number of ether oxygens (including phenoxy) is 8. The van der Waals surface area contributed by atoms with Crippen molar-refractivity contribution in [3.05, 3.63) is 36.5 Å². The Labute approximate surface area is 324 Å². The summed E-state index contributed by atoms with van der Waals surface area (Å²) in [5.41, 5.74) is -1.22. The van der Waals surface area contributed by atoms with Gasteiger partial charge in [-0.1, -0.05) is 65.2 Å². The molecule has 3 aliphatic heterocycles. The third-order valence-corrected chi connectivity index (χ3v) is 9.88. The Morgan fingerprint density at radius 3 is 2.44 bits per heavy atom. The number of unbranched alkanes of at least 4 members (excludes halogenated alkanes) is 4. The zero-order chi connectivity index (χ0) is 40.4. The molecule has 3 N–H and O–H groups in total. The van der Waals surface area contributed by atoms with Crippen molar-refractivity contribution in [1.29, 1.82) is 0 Å². The fourth-order valence-electron chi connectivity index (χ4n) is 6.74. The van der Waals surface area contributed by atoms with Gasteiger partial charge in [-0.3, -0.25) is 14.4 Å². The van der Waals surface area contributed by atoms with E-state index in [2.05, 4.69) is 13.5 Å². The van der Waals surface area contributed by atoms with Crippen LogP contribution in [-0.2, 0) is 57.1 Å². The van der Waals surface area contributed by atoms with Crippen LogP contribution in [0.5, 0.6) is 0 Å². The fourth-order valence-corrected chi connectivity index (χ4v) is 6.74. The van der Waals surface area contributed by atoms with Gasteiger partial charge in [-0.15, -0.1) is 0 Å². The molecule has 8 atom stereocenters. The van der Waals surface area contributed by atoms with Crippen LogP contribution in [-0.4, -0.2) is 121 Å². The standard InChI is InChI=1S/C40H62O15/c1-6-8-9-10-11-12-33(43)54-38-27(21-34(44)48-5)20-31-24-32(26-41)51-36(46)22-28(42)14-18-49-19-15-29-23-30(25-35(45)50-17-7-2)53-37(52-29)13-16-39(3,4)40(38,47)55-31/h7,13,16,21,28-32,37-38,41-42,47H,2,6,8-12,14-15,17-20,22-26H2,1,3-5H3/b16-13+,27-21+/t28-,29?,30-,31+,32?,37-,38+,40-/m1/s1. The van der Waals surface area contributed by atoms with Crippen LogP contribution in [0.25, 0.3) is 0 Å². The molecule has 3 aliphatic rings. The molecule has 15 nitrogen and oxygen atoms in total. The average molecular weight is 783 g/mol. The maximum atomic E-state index is 13.3. The van der Waals surface area contributed by atoms with E-state index in [1.807, 2.05) is 0 Å². The van der Waals surface area contributed by atoms with Crippen LogP contribution >= 0.6 is 0 Å². The number of carbonyl (C=O) groups excluding carboxylic acids is 4. The number of rotatable bonds is 13. The summed E-state index contributed by atoms with van der Waals surface area (Å²) in [5.74, 6) is -4.94. The monoisotopic (exact) mass is 782 g/mol. The van der Waals surface area contributed by atoms with E-state index in [1.54, 1.807) is 26.0 Å². The predicted octanol–water partition coefficient (Wildman–Crippen LogP) is 3.89. The van der Waals surface area contributed by atoms with Crippen molar-refractivity contribution in [3.8, 4) is 0 Å². The van der Waals surface area contributed by atoms with Crippen LogP contribution in [0, 0.1) is 5.41 Å². The van der Waals surface area contributed by atoms with Crippen molar-refractivity contribution in [2.24, 2.45) is 5.41 Å². The highest BCUT2D eigenvalue weighted by molar-refractivity contribution is 5.83. The van der Waals surface area contributed by atoms with Crippen LogP contribution < -0.4 is 0 Å². The lowest BCUT2D eigenvalue weighted by Gasteiger charge is -2.51. The van der Waals surface area contributed by atoms with Gasteiger partial charge in [-0.2, -0.15) is 0 Å². The summed E-state index contributed by atoms with van der Waals surface area (Å²) in [4.78, 5) is 51.4. The number of cyclic esters (lactones) is 1. The van der Waals surface area contributed by atoms with E-state index < -0.39 is 84.6 Å². The summed E-state index contributed by atoms with van der Waals surface area (Å²) < 4.78 is 46.1. The lowest BCUT2D eigenvalue weighted by atomic mass is 9.74. The highest BCUT2D eigenvalue weighted by atomic mass is 16.7. The topological polar surface area (TPSA) is 203 Å². The van der Waals surface area contributed by atoms with E-state index in [9.17, 15) is 34.5 Å². The van der Waals surface area contributed by atoms with Gasteiger partial charge in [0, 0.05) is 44.0 Å². The number of carbonyl (C=O) groups is 4. The molecule has 2 saturated heterocycles. The minimum atomic E-state index is -2.35. The number of methoxy groups -OCH3 is 1. The third kappa shape index (κ3) is 15.0. The lowest BCUT2D eigenvalue weighted by molar-refractivity contribution is -0.327. The molecular weight excluding hydrogens is 720 g/mol. The quantitative estimate of drug-likeness (QED) is 0.0798. The van der Waals surface area contributed by atoms with Gasteiger partial charge in [0.1, 0.15) is 12.7 Å². The molecule has 312 valence electrons. The molecule has 0 radical (unpaired) electrons. The molecule has 2 fully saturated rings. The van der Waals surface area contributed by atoms with Crippen molar-refractivity contribution >= 4 is 23.9 Å². The summed E-state index contributed by atoms with van der Waals surface area (Å²) in [6.45, 7) is 8.80. The van der Waals surface area contributed by atoms with Crippen LogP contribution in [0.1, 0.15) is 104 Å². The van der Waals surface area contributed by atoms with Gasteiger partial charge in [0.05, 0.1) is 51.0 Å². The first-order chi connectivity index (χ1) is 26.2. The van der Waals surface area contributed by atoms with Crippen LogP contribution in [0.15, 0.2) is 36.5 Å². The summed E-state index contributed by atoms with van der Waals surface area (Å²) in [6, 6.07) is 0. The average Bonchev–Trinajstić information content (AvgIpc) is 3.13. The van der Waals surface area contributed by atoms with Crippen molar-refractivity contribution in [2.75, 3.05) is 33.5 Å². The molecule has 0 amide bonds. The first-order valence-corrected chi connectivity index (χ1v) is 19.4. The minimum Gasteiger partial charge on any atom is -0.466 e. The molecule has 0 aliphatic carbocycles. The molecule has 2 unspecified atom stereocenters. The predicted molar refractivity (Wildman–Crippen MR) is 197 cm³/mol. The van der Waals surface area contributed by atoms with Gasteiger partial charge >= 0.3 is 23.9 Å². The number of fused-ring (bicyclic) bond motifs is 4. The van der Waals surface area contributed by atoms with Gasteiger partial charge in [-0.05, 0) is 37.3 Å². The van der Waals surface area contributed by atoms with E-state index in [-0.39, 0.29) is 63.9 Å². The number of hydrogen-bond acceptors (Lipinski definition) is 15. The van der Waals surface area contributed by atoms with E-state index in [0.717, 1.165) is 31.8 Å². The first kappa shape index (κ1) is 46.2. The third-order valence-electron chi connectivity index (χ3n) is 9.88. The Hall–Kier alpha value is -3.18. The SMILES string of the molecule is C=CCOC(=O)C[C@H]1CC2CCOCC[C@@H](O)CC(=O)OC(CO)C[C@@H]3C/C(=C\C(=O)OC)[C@H](OC(=O)CCCCCCC)[C@@](O)(O3)C(C)(C)/C=C/[C@H](O2)O1. The molecule has 3 rings (SSSR count).